The average Bonchev–Trinajstić information content (AvgIpc) is 2.39. The summed E-state index contributed by atoms with van der Waals surface area (Å²) in [4.78, 5) is 22.1. The molecule has 2 rings (SSSR count). The molecule has 0 fully saturated rings. The molecule has 6 nitrogen and oxygen atoms in total. The van der Waals surface area contributed by atoms with Crippen LogP contribution in [-0.2, 0) is 0 Å². The maximum Gasteiger partial charge on any atom is 0.263 e. The number of carbonyl (C=O) groups excluding carboxylic acids is 1. The molecule has 0 unspecified atom stereocenters. The minimum absolute atomic E-state index is 0.244. The first kappa shape index (κ1) is 16.5. The Labute approximate surface area is 142 Å². The van der Waals surface area contributed by atoms with Gasteiger partial charge in [0.25, 0.3) is 11.6 Å². The van der Waals surface area contributed by atoms with Crippen molar-refractivity contribution < 1.29 is 14.8 Å². The van der Waals surface area contributed by atoms with Gasteiger partial charge in [-0.05, 0) is 30.0 Å². The molecular weight excluding hydrogens is 399 g/mol. The summed E-state index contributed by atoms with van der Waals surface area (Å²) in [5.74, 6) is -1.77. The van der Waals surface area contributed by atoms with Crippen LogP contribution in [0.4, 0.5) is 11.4 Å². The van der Waals surface area contributed by atoms with E-state index in [2.05, 4.69) is 21.2 Å². The molecule has 0 atom stereocenters. The van der Waals surface area contributed by atoms with E-state index in [9.17, 15) is 20.0 Å². The number of nitrogens with one attached hydrogen (secondary N) is 1. The van der Waals surface area contributed by atoms with Gasteiger partial charge in [0.2, 0.25) is 0 Å². The summed E-state index contributed by atoms with van der Waals surface area (Å²) in [6, 6.07) is 6.58. The number of benzene rings is 2. The number of nitro benzene ring substituents is 1. The van der Waals surface area contributed by atoms with Gasteiger partial charge in [-0.25, -0.2) is 0 Å². The van der Waals surface area contributed by atoms with Gasteiger partial charge in [0.1, 0.15) is 0 Å². The van der Waals surface area contributed by atoms with Gasteiger partial charge < -0.3 is 10.4 Å². The zero-order valence-electron chi connectivity index (χ0n) is 10.6. The standard InChI is InChI=1S/C13H7BrCl2N2O4/c14-6-1-10(12(19)11(2-6)18(21)22)13(20)17-9-4-7(15)3-8(16)5-9/h1-5,19H,(H,17,20)/p-1. The highest BCUT2D eigenvalue weighted by molar-refractivity contribution is 9.10. The van der Waals surface area contributed by atoms with Crippen LogP contribution in [0.15, 0.2) is 34.8 Å². The predicted octanol–water partition coefficient (Wildman–Crippen LogP) is 3.99. The first-order valence-electron chi connectivity index (χ1n) is 5.70. The second-order valence-corrected chi connectivity index (χ2v) is 5.96. The number of hydrogen-bond acceptors (Lipinski definition) is 4. The van der Waals surface area contributed by atoms with Gasteiger partial charge in [0.05, 0.1) is 4.92 Å². The molecule has 0 aliphatic carbocycles. The molecule has 0 saturated carbocycles. The van der Waals surface area contributed by atoms with Gasteiger partial charge in [0.15, 0.2) is 0 Å². The van der Waals surface area contributed by atoms with Crippen molar-refractivity contribution in [1.29, 1.82) is 0 Å². The number of hydrogen-bond donors (Lipinski definition) is 1. The number of rotatable bonds is 3. The summed E-state index contributed by atoms with van der Waals surface area (Å²) in [6.45, 7) is 0. The lowest BCUT2D eigenvalue weighted by Gasteiger charge is -2.14. The summed E-state index contributed by atoms with van der Waals surface area (Å²) < 4.78 is 0.244. The van der Waals surface area contributed by atoms with E-state index in [1.54, 1.807) is 0 Å². The summed E-state index contributed by atoms with van der Waals surface area (Å²) in [5, 5.41) is 25.8. The summed E-state index contributed by atoms with van der Waals surface area (Å²) in [6.07, 6.45) is 0. The van der Waals surface area contributed by atoms with Crippen molar-refractivity contribution in [3.05, 3.63) is 60.5 Å². The minimum atomic E-state index is -0.973. The molecule has 2 aromatic carbocycles. The van der Waals surface area contributed by atoms with Gasteiger partial charge in [-0.3, -0.25) is 14.9 Å². The number of anilines is 1. The number of nitro groups is 1. The largest absolute Gasteiger partial charge is 0.867 e. The SMILES string of the molecule is O=C(Nc1cc(Cl)cc(Cl)c1)c1cc(Br)cc([N+](=O)[O-])c1[O-]. The van der Waals surface area contributed by atoms with Crippen molar-refractivity contribution in [2.75, 3.05) is 5.32 Å². The first-order chi connectivity index (χ1) is 10.3. The molecule has 0 radical (unpaired) electrons. The lowest BCUT2D eigenvalue weighted by atomic mass is 10.1. The van der Waals surface area contributed by atoms with Crippen LogP contribution in [0.2, 0.25) is 10.0 Å². The summed E-state index contributed by atoms with van der Waals surface area (Å²) in [5.41, 5.74) is -0.787. The van der Waals surface area contributed by atoms with E-state index in [1.807, 2.05) is 0 Å². The van der Waals surface area contributed by atoms with Crippen molar-refractivity contribution >= 4 is 56.4 Å². The molecule has 1 N–H and O–H groups in total. The molecular formula is C13H6BrCl2N2O4-. The summed E-state index contributed by atoms with van der Waals surface area (Å²) in [7, 11) is 0. The Morgan fingerprint density at radius 2 is 1.73 bits per heavy atom. The van der Waals surface area contributed by atoms with Gasteiger partial charge >= 0.3 is 0 Å². The molecule has 0 aliphatic heterocycles. The lowest BCUT2D eigenvalue weighted by molar-refractivity contribution is -0.398. The van der Waals surface area contributed by atoms with Crippen LogP contribution in [0.25, 0.3) is 0 Å². The molecule has 22 heavy (non-hydrogen) atoms. The van der Waals surface area contributed by atoms with Crippen LogP contribution in [0.3, 0.4) is 0 Å². The van der Waals surface area contributed by atoms with Crippen LogP contribution < -0.4 is 10.4 Å². The fraction of sp³-hybridized carbons (Fsp3) is 0. The van der Waals surface area contributed by atoms with E-state index in [-0.39, 0.29) is 15.7 Å². The van der Waals surface area contributed by atoms with Gasteiger partial charge in [-0.15, -0.1) is 0 Å². The molecule has 1 amide bonds. The lowest BCUT2D eigenvalue weighted by Crippen LogP contribution is -2.15. The van der Waals surface area contributed by atoms with E-state index in [0.29, 0.717) is 10.0 Å². The Balaban J connectivity index is 2.39. The molecule has 0 aliphatic rings. The van der Waals surface area contributed by atoms with Crippen molar-refractivity contribution in [1.82, 2.24) is 0 Å². The van der Waals surface area contributed by atoms with Crippen LogP contribution in [0.1, 0.15) is 10.4 Å². The van der Waals surface area contributed by atoms with E-state index in [1.165, 1.54) is 24.3 Å². The topological polar surface area (TPSA) is 95.3 Å². The fourth-order valence-electron chi connectivity index (χ4n) is 1.71. The third-order valence-corrected chi connectivity index (χ3v) is 3.49. The molecule has 114 valence electrons. The Hall–Kier alpha value is -1.83. The van der Waals surface area contributed by atoms with Gasteiger partial charge in [-0.1, -0.05) is 39.1 Å². The maximum absolute atomic E-state index is 12.1. The third kappa shape index (κ3) is 3.68. The van der Waals surface area contributed by atoms with E-state index >= 15 is 0 Å². The molecule has 0 spiro atoms. The monoisotopic (exact) mass is 403 g/mol. The smallest absolute Gasteiger partial charge is 0.263 e. The quantitative estimate of drug-likeness (QED) is 0.617. The number of carbonyl (C=O) groups is 1. The first-order valence-corrected chi connectivity index (χ1v) is 7.25. The Kier molecular flexibility index (Phi) is 4.90. The Morgan fingerprint density at radius 1 is 1.14 bits per heavy atom. The molecule has 0 bridgehead atoms. The van der Waals surface area contributed by atoms with Crippen molar-refractivity contribution in [3.63, 3.8) is 0 Å². The Bertz CT molecular complexity index is 763. The van der Waals surface area contributed by atoms with Crippen LogP contribution in [0.5, 0.6) is 5.75 Å². The zero-order valence-corrected chi connectivity index (χ0v) is 13.7. The fourth-order valence-corrected chi connectivity index (χ4v) is 2.68. The molecule has 0 saturated heterocycles. The minimum Gasteiger partial charge on any atom is -0.867 e. The highest BCUT2D eigenvalue weighted by Crippen LogP contribution is 2.32. The number of halogens is 3. The average molecular weight is 405 g/mol. The second-order valence-electron chi connectivity index (χ2n) is 4.17. The number of nitrogens with zero attached hydrogens (tertiary/aromatic N) is 1. The summed E-state index contributed by atoms with van der Waals surface area (Å²) >= 11 is 14.6. The number of amides is 1. The van der Waals surface area contributed by atoms with Crippen molar-refractivity contribution in [2.45, 2.75) is 0 Å². The van der Waals surface area contributed by atoms with E-state index in [0.717, 1.165) is 6.07 Å². The van der Waals surface area contributed by atoms with E-state index in [4.69, 9.17) is 23.2 Å². The van der Waals surface area contributed by atoms with Crippen molar-refractivity contribution in [2.24, 2.45) is 0 Å². The molecule has 9 heteroatoms. The van der Waals surface area contributed by atoms with E-state index < -0.39 is 22.3 Å². The van der Waals surface area contributed by atoms with Crippen LogP contribution in [0, 0.1) is 10.1 Å². The zero-order chi connectivity index (χ0) is 16.4. The third-order valence-electron chi connectivity index (χ3n) is 2.60. The normalized spacial score (nSPS) is 10.3. The molecule has 0 heterocycles. The second kappa shape index (κ2) is 6.51. The maximum atomic E-state index is 12.1. The van der Waals surface area contributed by atoms with Crippen LogP contribution >= 0.6 is 39.1 Å². The highest BCUT2D eigenvalue weighted by atomic mass is 79.9. The van der Waals surface area contributed by atoms with Gasteiger partial charge in [0, 0.05) is 31.8 Å². The Morgan fingerprint density at radius 3 is 2.27 bits per heavy atom. The van der Waals surface area contributed by atoms with Crippen LogP contribution in [-0.4, -0.2) is 10.8 Å². The van der Waals surface area contributed by atoms with Gasteiger partial charge in [-0.2, -0.15) is 0 Å². The predicted molar refractivity (Wildman–Crippen MR) is 84.7 cm³/mol. The molecule has 0 aromatic heterocycles. The van der Waals surface area contributed by atoms with Crippen molar-refractivity contribution in [3.8, 4) is 5.75 Å². The highest BCUT2D eigenvalue weighted by Gasteiger charge is 2.17. The molecule has 2 aromatic rings.